The second-order valence-electron chi connectivity index (χ2n) is 5.10. The van der Waals surface area contributed by atoms with Gasteiger partial charge in [0.2, 0.25) is 5.91 Å². The van der Waals surface area contributed by atoms with Gasteiger partial charge in [-0.15, -0.1) is 0 Å². The minimum Gasteiger partial charge on any atom is -0.497 e. The monoisotopic (exact) mass is 329 g/mol. The molecule has 0 saturated carbocycles. The summed E-state index contributed by atoms with van der Waals surface area (Å²) in [4.78, 5) is 37.4. The highest BCUT2D eigenvalue weighted by Gasteiger charge is 2.39. The molecule has 8 heteroatoms. The van der Waals surface area contributed by atoms with Crippen molar-refractivity contribution in [1.29, 1.82) is 0 Å². The van der Waals surface area contributed by atoms with E-state index in [4.69, 9.17) is 9.15 Å². The van der Waals surface area contributed by atoms with Crippen LogP contribution in [0.3, 0.4) is 0 Å². The summed E-state index contributed by atoms with van der Waals surface area (Å²) in [5, 5.41) is 0. The van der Waals surface area contributed by atoms with Crippen molar-refractivity contribution in [3.63, 3.8) is 0 Å². The molecule has 1 aromatic heterocycles. The highest BCUT2D eigenvalue weighted by molar-refractivity contribution is 6.22. The average Bonchev–Trinajstić information content (AvgIpc) is 3.22. The molecule has 24 heavy (non-hydrogen) atoms. The fourth-order valence-electron chi connectivity index (χ4n) is 2.37. The lowest BCUT2D eigenvalue weighted by atomic mass is 10.2. The van der Waals surface area contributed by atoms with Crippen molar-refractivity contribution in [2.45, 2.75) is 12.5 Å². The number of furan rings is 1. The zero-order valence-electron chi connectivity index (χ0n) is 12.8. The molecule has 1 saturated heterocycles. The standard InChI is InChI=1S/C16H15N3O5/c1-23-11-6-4-10(5-7-11)19-14(20)9-12(16(19)22)17-18-15(21)13-3-2-8-24-13/h2-8,12,17H,9H2,1H3,(H,18,21)/t12-/m0/s1. The lowest BCUT2D eigenvalue weighted by molar-refractivity contribution is -0.121. The first-order valence-electron chi connectivity index (χ1n) is 7.20. The van der Waals surface area contributed by atoms with Gasteiger partial charge in [-0.3, -0.25) is 19.8 Å². The molecule has 2 heterocycles. The smallest absolute Gasteiger partial charge is 0.301 e. The van der Waals surface area contributed by atoms with Gasteiger partial charge in [0.05, 0.1) is 25.5 Å². The summed E-state index contributed by atoms with van der Waals surface area (Å²) in [6, 6.07) is 8.80. The summed E-state index contributed by atoms with van der Waals surface area (Å²) in [5.41, 5.74) is 5.39. The second kappa shape index (κ2) is 6.55. The summed E-state index contributed by atoms with van der Waals surface area (Å²) < 4.78 is 9.99. The Bertz CT molecular complexity index is 755. The average molecular weight is 329 g/mol. The van der Waals surface area contributed by atoms with Crippen LogP contribution >= 0.6 is 0 Å². The van der Waals surface area contributed by atoms with E-state index in [9.17, 15) is 14.4 Å². The number of nitrogens with zero attached hydrogens (tertiary/aromatic N) is 1. The number of imide groups is 1. The molecule has 3 amide bonds. The van der Waals surface area contributed by atoms with Crippen LogP contribution in [-0.2, 0) is 9.59 Å². The maximum Gasteiger partial charge on any atom is 0.301 e. The van der Waals surface area contributed by atoms with Crippen molar-refractivity contribution in [3.8, 4) is 5.75 Å². The molecular formula is C16H15N3O5. The quantitative estimate of drug-likeness (QED) is 0.623. The molecule has 0 spiro atoms. The molecule has 2 aromatic rings. The van der Waals surface area contributed by atoms with Crippen LogP contribution in [-0.4, -0.2) is 30.9 Å². The first-order chi connectivity index (χ1) is 11.6. The summed E-state index contributed by atoms with van der Waals surface area (Å²) in [6.07, 6.45) is 1.31. The van der Waals surface area contributed by atoms with Crippen LogP contribution in [0, 0.1) is 0 Å². The van der Waals surface area contributed by atoms with Crippen molar-refractivity contribution >= 4 is 23.4 Å². The number of carbonyl (C=O) groups excluding carboxylic acids is 3. The highest BCUT2D eigenvalue weighted by Crippen LogP contribution is 2.24. The van der Waals surface area contributed by atoms with E-state index in [0.29, 0.717) is 11.4 Å². The minimum atomic E-state index is -0.835. The molecule has 2 N–H and O–H groups in total. The molecule has 1 atom stereocenters. The molecule has 1 fully saturated rings. The van der Waals surface area contributed by atoms with Crippen LogP contribution in [0.25, 0.3) is 0 Å². The zero-order valence-corrected chi connectivity index (χ0v) is 12.8. The van der Waals surface area contributed by atoms with Gasteiger partial charge in [0, 0.05) is 0 Å². The third kappa shape index (κ3) is 2.99. The lowest BCUT2D eigenvalue weighted by Crippen LogP contribution is -2.48. The largest absolute Gasteiger partial charge is 0.497 e. The number of benzene rings is 1. The van der Waals surface area contributed by atoms with Gasteiger partial charge in [-0.2, -0.15) is 0 Å². The Morgan fingerprint density at radius 3 is 2.62 bits per heavy atom. The zero-order chi connectivity index (χ0) is 17.1. The Labute approximate surface area is 137 Å². The molecule has 1 aromatic carbocycles. The SMILES string of the molecule is COc1ccc(N2C(=O)C[C@H](NNC(=O)c3ccco3)C2=O)cc1. The van der Waals surface area contributed by atoms with Gasteiger partial charge in [0.25, 0.3) is 5.91 Å². The van der Waals surface area contributed by atoms with E-state index >= 15 is 0 Å². The number of nitrogens with one attached hydrogen (secondary N) is 2. The number of hydrogen-bond acceptors (Lipinski definition) is 6. The number of amides is 3. The van der Waals surface area contributed by atoms with Gasteiger partial charge in [0.1, 0.15) is 11.8 Å². The Morgan fingerprint density at radius 2 is 2.00 bits per heavy atom. The maximum absolute atomic E-state index is 12.4. The molecule has 124 valence electrons. The van der Waals surface area contributed by atoms with E-state index < -0.39 is 17.9 Å². The number of rotatable bonds is 5. The van der Waals surface area contributed by atoms with Gasteiger partial charge in [-0.05, 0) is 36.4 Å². The summed E-state index contributed by atoms with van der Waals surface area (Å²) in [6.45, 7) is 0. The molecule has 0 unspecified atom stereocenters. The van der Waals surface area contributed by atoms with Crippen LogP contribution in [0.15, 0.2) is 47.1 Å². The normalized spacial score (nSPS) is 17.2. The predicted molar refractivity (Wildman–Crippen MR) is 83.2 cm³/mol. The molecular weight excluding hydrogens is 314 g/mol. The lowest BCUT2D eigenvalue weighted by Gasteiger charge is -2.16. The number of carbonyl (C=O) groups is 3. The number of anilines is 1. The van der Waals surface area contributed by atoms with Crippen LogP contribution in [0.5, 0.6) is 5.75 Å². The van der Waals surface area contributed by atoms with Crippen LogP contribution < -0.4 is 20.5 Å². The van der Waals surface area contributed by atoms with Gasteiger partial charge in [-0.25, -0.2) is 10.3 Å². The Hall–Kier alpha value is -3.13. The highest BCUT2D eigenvalue weighted by atomic mass is 16.5. The third-order valence-electron chi connectivity index (χ3n) is 3.58. The number of hydrogen-bond donors (Lipinski definition) is 2. The molecule has 0 bridgehead atoms. The molecule has 1 aliphatic rings. The Morgan fingerprint density at radius 1 is 1.25 bits per heavy atom. The Balaban J connectivity index is 1.66. The van der Waals surface area contributed by atoms with E-state index in [0.717, 1.165) is 4.90 Å². The first-order valence-corrected chi connectivity index (χ1v) is 7.20. The van der Waals surface area contributed by atoms with Crippen LogP contribution in [0.1, 0.15) is 17.0 Å². The van der Waals surface area contributed by atoms with Gasteiger partial charge in [0.15, 0.2) is 5.76 Å². The van der Waals surface area contributed by atoms with E-state index in [2.05, 4.69) is 10.9 Å². The van der Waals surface area contributed by atoms with Gasteiger partial charge in [-0.1, -0.05) is 0 Å². The predicted octanol–water partition coefficient (Wildman–Crippen LogP) is 0.855. The fourth-order valence-corrected chi connectivity index (χ4v) is 2.37. The fraction of sp³-hybridized carbons (Fsp3) is 0.188. The third-order valence-corrected chi connectivity index (χ3v) is 3.58. The van der Waals surface area contributed by atoms with Crippen molar-refractivity contribution in [1.82, 2.24) is 10.9 Å². The molecule has 0 radical (unpaired) electrons. The first kappa shape index (κ1) is 15.8. The van der Waals surface area contributed by atoms with E-state index in [1.165, 1.54) is 19.4 Å². The van der Waals surface area contributed by atoms with E-state index in [1.807, 2.05) is 0 Å². The summed E-state index contributed by atoms with van der Waals surface area (Å²) in [5.74, 6) is -0.590. The van der Waals surface area contributed by atoms with Crippen molar-refractivity contribution in [2.75, 3.05) is 12.0 Å². The number of hydrazine groups is 1. The topological polar surface area (TPSA) is 101 Å². The van der Waals surface area contributed by atoms with Crippen molar-refractivity contribution in [2.24, 2.45) is 0 Å². The molecule has 0 aliphatic carbocycles. The van der Waals surface area contributed by atoms with E-state index in [-0.39, 0.29) is 18.1 Å². The summed E-state index contributed by atoms with van der Waals surface area (Å²) >= 11 is 0. The van der Waals surface area contributed by atoms with Crippen LogP contribution in [0.2, 0.25) is 0 Å². The maximum atomic E-state index is 12.4. The second-order valence-corrected chi connectivity index (χ2v) is 5.10. The van der Waals surface area contributed by atoms with Crippen molar-refractivity contribution < 1.29 is 23.5 Å². The molecule has 8 nitrogen and oxygen atoms in total. The van der Waals surface area contributed by atoms with Gasteiger partial charge >= 0.3 is 5.91 Å². The Kier molecular flexibility index (Phi) is 4.30. The number of ether oxygens (including phenoxy) is 1. The van der Waals surface area contributed by atoms with E-state index in [1.54, 1.807) is 30.3 Å². The van der Waals surface area contributed by atoms with Gasteiger partial charge < -0.3 is 9.15 Å². The van der Waals surface area contributed by atoms with Crippen molar-refractivity contribution in [3.05, 3.63) is 48.4 Å². The minimum absolute atomic E-state index is 0.0523. The number of methoxy groups -OCH3 is 1. The summed E-state index contributed by atoms with van der Waals surface area (Å²) in [7, 11) is 1.53. The molecule has 1 aliphatic heterocycles. The van der Waals surface area contributed by atoms with Crippen LogP contribution in [0.4, 0.5) is 5.69 Å². The molecule has 3 rings (SSSR count).